The predicted octanol–water partition coefficient (Wildman–Crippen LogP) is 0.967. The minimum absolute atomic E-state index is 0.0689. The highest BCUT2D eigenvalue weighted by molar-refractivity contribution is 5.93. The van der Waals surface area contributed by atoms with E-state index in [1.54, 1.807) is 12.1 Å². The number of rotatable bonds is 6. The van der Waals surface area contributed by atoms with Gasteiger partial charge >= 0.3 is 0 Å². The third-order valence-corrected chi connectivity index (χ3v) is 2.33. The van der Waals surface area contributed by atoms with Gasteiger partial charge in [-0.1, -0.05) is 19.1 Å². The van der Waals surface area contributed by atoms with Crippen LogP contribution in [-0.4, -0.2) is 18.4 Å². The Morgan fingerprint density at radius 1 is 1.17 bits per heavy atom. The lowest BCUT2D eigenvalue weighted by molar-refractivity contribution is -0.119. The fourth-order valence-electron chi connectivity index (χ4n) is 1.34. The summed E-state index contributed by atoms with van der Waals surface area (Å²) in [4.78, 5) is 22.4. The zero-order valence-corrected chi connectivity index (χ0v) is 10.7. The quantitative estimate of drug-likeness (QED) is 0.519. The van der Waals surface area contributed by atoms with Crippen LogP contribution in [0, 0.1) is 0 Å². The Hall–Kier alpha value is -1.88. The highest BCUT2D eigenvalue weighted by Gasteiger charge is 2.04. The second-order valence-electron chi connectivity index (χ2n) is 3.99. The molecule has 0 aliphatic heterocycles. The van der Waals surface area contributed by atoms with Crippen LogP contribution >= 0.6 is 0 Å². The van der Waals surface area contributed by atoms with E-state index < -0.39 is 0 Å². The molecule has 0 fully saturated rings. The van der Waals surface area contributed by atoms with Gasteiger partial charge in [0.2, 0.25) is 5.91 Å². The first-order chi connectivity index (χ1) is 8.63. The van der Waals surface area contributed by atoms with Gasteiger partial charge in [-0.25, -0.2) is 5.43 Å². The number of hydrogen-bond acceptors (Lipinski definition) is 3. The Bertz CT molecular complexity index is 401. The average Bonchev–Trinajstić information content (AvgIpc) is 2.37. The fourth-order valence-corrected chi connectivity index (χ4v) is 1.34. The third-order valence-electron chi connectivity index (χ3n) is 2.33. The van der Waals surface area contributed by atoms with Crippen LogP contribution in [0.15, 0.2) is 24.3 Å². The summed E-state index contributed by atoms with van der Waals surface area (Å²) in [5.41, 5.74) is 6.99. The van der Waals surface area contributed by atoms with Gasteiger partial charge in [0, 0.05) is 25.6 Å². The molecule has 0 spiro atoms. The summed E-state index contributed by atoms with van der Waals surface area (Å²) in [7, 11) is 0. The summed E-state index contributed by atoms with van der Waals surface area (Å²) in [6, 6.07) is 7.12. The molecule has 0 unspecified atom stereocenters. The molecule has 2 amide bonds. The lowest BCUT2D eigenvalue weighted by atomic mass is 10.1. The second kappa shape index (κ2) is 7.45. The molecule has 0 aliphatic rings. The number of amides is 2. The molecule has 5 nitrogen and oxygen atoms in total. The van der Waals surface area contributed by atoms with E-state index >= 15 is 0 Å². The summed E-state index contributed by atoms with van der Waals surface area (Å²) < 4.78 is 0. The third kappa shape index (κ3) is 4.97. The van der Waals surface area contributed by atoms with Crippen LogP contribution in [0.4, 0.5) is 0 Å². The molecule has 0 saturated carbocycles. The van der Waals surface area contributed by atoms with Crippen LogP contribution in [0.5, 0.6) is 0 Å². The first kappa shape index (κ1) is 14.2. The maximum Gasteiger partial charge on any atom is 0.265 e. The van der Waals surface area contributed by atoms with E-state index in [0.717, 1.165) is 18.5 Å². The van der Waals surface area contributed by atoms with Gasteiger partial charge in [-0.15, -0.1) is 0 Å². The van der Waals surface area contributed by atoms with Crippen molar-refractivity contribution in [1.82, 2.24) is 16.2 Å². The van der Waals surface area contributed by atoms with E-state index in [0.29, 0.717) is 12.1 Å². The first-order valence-corrected chi connectivity index (χ1v) is 6.00. The maximum absolute atomic E-state index is 11.7. The van der Waals surface area contributed by atoms with Crippen molar-refractivity contribution in [3.63, 3.8) is 0 Å². The molecule has 0 aliphatic carbocycles. The van der Waals surface area contributed by atoms with Crippen LogP contribution in [-0.2, 0) is 11.3 Å². The van der Waals surface area contributed by atoms with Crippen molar-refractivity contribution in [2.24, 2.45) is 0 Å². The Morgan fingerprint density at radius 3 is 2.39 bits per heavy atom. The Labute approximate surface area is 107 Å². The smallest absolute Gasteiger partial charge is 0.265 e. The van der Waals surface area contributed by atoms with Crippen LogP contribution in [0.2, 0.25) is 0 Å². The molecule has 0 aromatic heterocycles. The average molecular weight is 249 g/mol. The largest absolute Gasteiger partial charge is 0.352 e. The van der Waals surface area contributed by atoms with Crippen molar-refractivity contribution in [2.75, 3.05) is 6.54 Å². The normalized spacial score (nSPS) is 9.89. The van der Waals surface area contributed by atoms with Gasteiger partial charge in [0.05, 0.1) is 0 Å². The SMILES string of the molecule is CCCNNC(=O)c1ccc(CNC(C)=O)cc1. The highest BCUT2D eigenvalue weighted by atomic mass is 16.2. The van der Waals surface area contributed by atoms with E-state index in [1.807, 2.05) is 19.1 Å². The molecular formula is C13H19N3O2. The predicted molar refractivity (Wildman–Crippen MR) is 69.7 cm³/mol. The molecule has 0 bridgehead atoms. The minimum Gasteiger partial charge on any atom is -0.352 e. The van der Waals surface area contributed by atoms with Gasteiger partial charge in [0.1, 0.15) is 0 Å². The van der Waals surface area contributed by atoms with Gasteiger partial charge < -0.3 is 5.32 Å². The zero-order chi connectivity index (χ0) is 13.4. The molecule has 3 N–H and O–H groups in total. The van der Waals surface area contributed by atoms with Gasteiger partial charge in [-0.05, 0) is 24.1 Å². The fraction of sp³-hybridized carbons (Fsp3) is 0.385. The molecule has 5 heteroatoms. The lowest BCUT2D eigenvalue weighted by Gasteiger charge is -2.07. The molecular weight excluding hydrogens is 230 g/mol. The number of hydrazine groups is 1. The van der Waals surface area contributed by atoms with Crippen LogP contribution in [0.25, 0.3) is 0 Å². The van der Waals surface area contributed by atoms with Crippen LogP contribution in [0.3, 0.4) is 0 Å². The van der Waals surface area contributed by atoms with Crippen molar-refractivity contribution in [1.29, 1.82) is 0 Å². The molecule has 0 atom stereocenters. The summed E-state index contributed by atoms with van der Waals surface area (Å²) in [5.74, 6) is -0.227. The Morgan fingerprint density at radius 2 is 1.83 bits per heavy atom. The lowest BCUT2D eigenvalue weighted by Crippen LogP contribution is -2.37. The molecule has 1 rings (SSSR count). The van der Waals surface area contributed by atoms with Gasteiger partial charge in [0.25, 0.3) is 5.91 Å². The Balaban J connectivity index is 2.48. The van der Waals surface area contributed by atoms with Crippen molar-refractivity contribution in [3.05, 3.63) is 35.4 Å². The molecule has 1 aromatic rings. The number of hydrogen-bond donors (Lipinski definition) is 3. The summed E-state index contributed by atoms with van der Waals surface area (Å²) >= 11 is 0. The number of nitrogens with one attached hydrogen (secondary N) is 3. The van der Waals surface area contributed by atoms with Crippen molar-refractivity contribution >= 4 is 11.8 Å². The van der Waals surface area contributed by atoms with Gasteiger partial charge in [-0.2, -0.15) is 0 Å². The summed E-state index contributed by atoms with van der Waals surface area (Å²) in [6.45, 7) is 4.72. The zero-order valence-electron chi connectivity index (χ0n) is 10.7. The maximum atomic E-state index is 11.7. The van der Waals surface area contributed by atoms with Gasteiger partial charge in [0.15, 0.2) is 0 Å². The van der Waals surface area contributed by atoms with E-state index in [1.165, 1.54) is 6.92 Å². The molecule has 0 saturated heterocycles. The number of benzene rings is 1. The van der Waals surface area contributed by atoms with Crippen molar-refractivity contribution in [3.8, 4) is 0 Å². The van der Waals surface area contributed by atoms with Crippen LogP contribution in [0.1, 0.15) is 36.2 Å². The molecule has 98 valence electrons. The van der Waals surface area contributed by atoms with E-state index in [4.69, 9.17) is 0 Å². The van der Waals surface area contributed by atoms with Crippen LogP contribution < -0.4 is 16.2 Å². The van der Waals surface area contributed by atoms with E-state index in [2.05, 4.69) is 16.2 Å². The van der Waals surface area contributed by atoms with Gasteiger partial charge in [-0.3, -0.25) is 15.0 Å². The van der Waals surface area contributed by atoms with E-state index in [-0.39, 0.29) is 11.8 Å². The number of carbonyl (C=O) groups is 2. The van der Waals surface area contributed by atoms with Crippen molar-refractivity contribution < 1.29 is 9.59 Å². The monoisotopic (exact) mass is 249 g/mol. The minimum atomic E-state index is -0.158. The molecule has 18 heavy (non-hydrogen) atoms. The highest BCUT2D eigenvalue weighted by Crippen LogP contribution is 2.04. The summed E-state index contributed by atoms with van der Waals surface area (Å²) in [6.07, 6.45) is 0.954. The molecule has 1 aromatic carbocycles. The standard InChI is InChI=1S/C13H19N3O2/c1-3-8-15-16-13(18)12-6-4-11(5-7-12)9-14-10(2)17/h4-7,15H,3,8-9H2,1-2H3,(H,14,17)(H,16,18). The molecule has 0 radical (unpaired) electrons. The topological polar surface area (TPSA) is 70.2 Å². The first-order valence-electron chi connectivity index (χ1n) is 6.00. The van der Waals surface area contributed by atoms with E-state index in [9.17, 15) is 9.59 Å². The summed E-state index contributed by atoms with van der Waals surface area (Å²) in [5, 5.41) is 2.70. The number of carbonyl (C=O) groups excluding carboxylic acids is 2. The molecule has 0 heterocycles. The second-order valence-corrected chi connectivity index (χ2v) is 3.99. The Kier molecular flexibility index (Phi) is 5.87. The van der Waals surface area contributed by atoms with Crippen molar-refractivity contribution in [2.45, 2.75) is 26.8 Å².